The number of amides is 4. The van der Waals surface area contributed by atoms with Crippen LogP contribution < -0.4 is 21.3 Å². The van der Waals surface area contributed by atoms with Crippen LogP contribution in [0, 0.1) is 0 Å². The molecule has 0 radical (unpaired) electrons. The Morgan fingerprint density at radius 1 is 0.389 bits per heavy atom. The van der Waals surface area contributed by atoms with E-state index in [0.717, 1.165) is 0 Å². The third-order valence-corrected chi connectivity index (χ3v) is 9.41. The maximum Gasteiger partial charge on any atom is 2.00 e. The second kappa shape index (κ2) is 35.0. The molecule has 0 aromatic heterocycles. The zero-order chi connectivity index (χ0) is 41.9. The first-order chi connectivity index (χ1) is 23.4. The molecule has 26 heteroatoms. The SMILES string of the molecule is CCC(CCS(=O)(=O)[O-])NC(C)=O.CCC(CCS(=O)(=O)[O-])NC(C)=O.CCC(CCS(=O)(=O)[O-])NC(C)=O.CCC(CCS(=O)(=O)[O-])NC(C)=O.[Ca+2].[Ca+2]. The maximum absolute atomic E-state index is 10.6. The molecule has 4 amide bonds. The molecule has 0 aromatic carbocycles. The van der Waals surface area contributed by atoms with Crippen LogP contribution in [0.3, 0.4) is 0 Å². The predicted molar refractivity (Wildman–Crippen MR) is 200 cm³/mol. The van der Waals surface area contributed by atoms with Crippen LogP contribution in [0.4, 0.5) is 0 Å². The van der Waals surface area contributed by atoms with E-state index in [2.05, 4.69) is 21.3 Å². The largest absolute Gasteiger partial charge is 2.00 e. The Bertz CT molecular complexity index is 1280. The molecule has 0 rings (SSSR count). The number of hydrogen-bond donors (Lipinski definition) is 4. The van der Waals surface area contributed by atoms with Crippen molar-refractivity contribution in [3.8, 4) is 0 Å². The van der Waals surface area contributed by atoms with Crippen LogP contribution in [-0.4, -0.2) is 198 Å². The molecular formula is C28H56Ca2N4O16S4. The minimum absolute atomic E-state index is 0. The first-order valence-corrected chi connectivity index (χ1v) is 22.5. The van der Waals surface area contributed by atoms with E-state index in [1.807, 2.05) is 27.7 Å². The predicted octanol–water partition coefficient (Wildman–Crippen LogP) is -1.42. The summed E-state index contributed by atoms with van der Waals surface area (Å²) in [4.78, 5) is 42.4. The Kier molecular flexibility index (Phi) is 42.7. The van der Waals surface area contributed by atoms with E-state index in [9.17, 15) is 71.1 Å². The monoisotopic (exact) mass is 912 g/mol. The summed E-state index contributed by atoms with van der Waals surface area (Å²) >= 11 is 0. The fourth-order valence-electron chi connectivity index (χ4n) is 3.81. The molecule has 0 bridgehead atoms. The van der Waals surface area contributed by atoms with Gasteiger partial charge in [-0.05, 0) is 51.4 Å². The molecule has 0 heterocycles. The number of rotatable bonds is 20. The number of carbonyl (C=O) groups excluding carboxylic acids is 4. The van der Waals surface area contributed by atoms with Gasteiger partial charge in [0, 0.05) is 74.9 Å². The molecule has 54 heavy (non-hydrogen) atoms. The van der Waals surface area contributed by atoms with Crippen LogP contribution in [0.25, 0.3) is 0 Å². The van der Waals surface area contributed by atoms with Gasteiger partial charge in [-0.2, -0.15) is 0 Å². The van der Waals surface area contributed by atoms with Crippen molar-refractivity contribution in [3.63, 3.8) is 0 Å². The quantitative estimate of drug-likeness (QED) is 0.0805. The third-order valence-electron chi connectivity index (χ3n) is 6.47. The first kappa shape index (κ1) is 65.9. The third kappa shape index (κ3) is 58.7. The molecule has 0 aliphatic heterocycles. The number of nitrogens with one attached hydrogen (secondary N) is 4. The van der Waals surface area contributed by atoms with E-state index < -0.39 is 63.5 Å². The molecule has 20 nitrogen and oxygen atoms in total. The molecular weight excluding hydrogens is 857 g/mol. The van der Waals surface area contributed by atoms with Crippen molar-refractivity contribution in [3.05, 3.63) is 0 Å². The zero-order valence-electron chi connectivity index (χ0n) is 32.4. The van der Waals surface area contributed by atoms with Crippen molar-refractivity contribution in [1.82, 2.24) is 21.3 Å². The Balaban J connectivity index is -0.000000140. The average molecular weight is 913 g/mol. The molecule has 0 spiro atoms. The Morgan fingerprint density at radius 2 is 0.519 bits per heavy atom. The second-order valence-electron chi connectivity index (χ2n) is 11.4. The van der Waals surface area contributed by atoms with Gasteiger partial charge in [0.25, 0.3) is 0 Å². The smallest absolute Gasteiger partial charge is 0.748 e. The summed E-state index contributed by atoms with van der Waals surface area (Å²) in [5.41, 5.74) is 0. The van der Waals surface area contributed by atoms with Gasteiger partial charge in [-0.3, -0.25) is 19.2 Å². The molecule has 0 fully saturated rings. The van der Waals surface area contributed by atoms with Crippen molar-refractivity contribution < 1.29 is 71.1 Å². The Morgan fingerprint density at radius 3 is 0.593 bits per heavy atom. The standard InChI is InChI=1S/4C7H15NO4S.2Ca/c4*1-3-7(8-6(2)9)4-5-13(10,11)12;;/h4*7H,3-5H2,1-2H3,(H,8,9)(H,10,11,12);;/q;;;;2*+2/p-4. The topological polar surface area (TPSA) is 345 Å². The fourth-order valence-corrected chi connectivity index (χ4v) is 6.10. The fraction of sp³-hybridized carbons (Fsp3) is 0.857. The van der Waals surface area contributed by atoms with Crippen molar-refractivity contribution >= 4 is 140 Å². The molecule has 0 aromatic rings. The zero-order valence-corrected chi connectivity index (χ0v) is 40.1. The minimum atomic E-state index is -4.17. The van der Waals surface area contributed by atoms with E-state index in [0.29, 0.717) is 25.7 Å². The van der Waals surface area contributed by atoms with E-state index in [1.54, 1.807) is 0 Å². The molecule has 4 N–H and O–H groups in total. The van der Waals surface area contributed by atoms with E-state index in [4.69, 9.17) is 0 Å². The summed E-state index contributed by atoms with van der Waals surface area (Å²) in [7, 11) is -16.7. The maximum atomic E-state index is 10.6. The first-order valence-electron chi connectivity index (χ1n) is 16.2. The summed E-state index contributed by atoms with van der Waals surface area (Å²) in [5, 5.41) is 10.2. The van der Waals surface area contributed by atoms with Gasteiger partial charge in [-0.1, -0.05) is 27.7 Å². The van der Waals surface area contributed by atoms with Gasteiger partial charge in [-0.15, -0.1) is 0 Å². The summed E-state index contributed by atoms with van der Waals surface area (Å²) < 4.78 is 123. The van der Waals surface area contributed by atoms with E-state index in [1.165, 1.54) is 27.7 Å². The average Bonchev–Trinajstić information content (AvgIpc) is 2.96. The van der Waals surface area contributed by atoms with E-state index >= 15 is 0 Å². The van der Waals surface area contributed by atoms with Crippen LogP contribution in [0.2, 0.25) is 0 Å². The molecule has 0 saturated carbocycles. The molecule has 4 unspecified atom stereocenters. The van der Waals surface area contributed by atoms with Gasteiger partial charge in [0.05, 0.1) is 40.5 Å². The van der Waals surface area contributed by atoms with Crippen molar-refractivity contribution in [2.75, 3.05) is 23.0 Å². The summed E-state index contributed by atoms with van der Waals surface area (Å²) in [6.07, 6.45) is 3.21. The normalized spacial score (nSPS) is 13.3. The molecule has 0 saturated heterocycles. The molecule has 0 aliphatic rings. The molecule has 4 atom stereocenters. The molecule has 312 valence electrons. The summed E-state index contributed by atoms with van der Waals surface area (Å²) in [6, 6.07) is -0.884. The van der Waals surface area contributed by atoms with Gasteiger partial charge in [0.2, 0.25) is 23.6 Å². The van der Waals surface area contributed by atoms with Gasteiger partial charge in [0.1, 0.15) is 0 Å². The van der Waals surface area contributed by atoms with Gasteiger partial charge >= 0.3 is 75.5 Å². The van der Waals surface area contributed by atoms with Crippen LogP contribution in [-0.2, 0) is 59.7 Å². The van der Waals surface area contributed by atoms with Crippen molar-refractivity contribution in [1.29, 1.82) is 0 Å². The van der Waals surface area contributed by atoms with Crippen LogP contribution in [0.1, 0.15) is 107 Å². The van der Waals surface area contributed by atoms with E-state index in [-0.39, 0.29) is 149 Å². The van der Waals surface area contributed by atoms with Crippen LogP contribution >= 0.6 is 0 Å². The van der Waals surface area contributed by atoms with Gasteiger partial charge < -0.3 is 39.5 Å². The van der Waals surface area contributed by atoms with Crippen molar-refractivity contribution in [2.45, 2.75) is 131 Å². The van der Waals surface area contributed by atoms with Gasteiger partial charge in [-0.25, -0.2) is 33.7 Å². The van der Waals surface area contributed by atoms with Crippen molar-refractivity contribution in [2.24, 2.45) is 0 Å². The molecule has 0 aliphatic carbocycles. The summed E-state index contributed by atoms with van der Waals surface area (Å²) in [6.45, 7) is 12.7. The Hall–Kier alpha value is 0.0395. The summed E-state index contributed by atoms with van der Waals surface area (Å²) in [5.74, 6) is -2.55. The number of hydrogen-bond acceptors (Lipinski definition) is 16. The van der Waals surface area contributed by atoms with Gasteiger partial charge in [0.15, 0.2) is 0 Å². The second-order valence-corrected chi connectivity index (χ2v) is 17.5. The minimum Gasteiger partial charge on any atom is -0.748 e. The van der Waals surface area contributed by atoms with Crippen LogP contribution in [0.5, 0.6) is 0 Å². The number of carbonyl (C=O) groups is 4. The Labute approximate surface area is 381 Å². The van der Waals surface area contributed by atoms with Crippen LogP contribution in [0.15, 0.2) is 0 Å².